The highest BCUT2D eigenvalue weighted by Gasteiger charge is 2.37. The lowest BCUT2D eigenvalue weighted by atomic mass is 10.0. The molecule has 0 fully saturated rings. The van der Waals surface area contributed by atoms with Gasteiger partial charge >= 0.3 is 0 Å². The maximum Gasteiger partial charge on any atom is 0.273 e. The Bertz CT molecular complexity index is 1920. The molecule has 0 saturated heterocycles. The summed E-state index contributed by atoms with van der Waals surface area (Å²) in [6.07, 6.45) is 0.138. The van der Waals surface area contributed by atoms with Gasteiger partial charge in [0.1, 0.15) is 18.3 Å². The quantitative estimate of drug-likeness (QED) is 0.127. The zero-order valence-electron chi connectivity index (χ0n) is 27.9. The zero-order valence-corrected chi connectivity index (χ0v) is 29.5. The highest BCUT2D eigenvalue weighted by Crippen LogP contribution is 2.36. The number of rotatable bonds is 13. The number of nitrogens with one attached hydrogen (secondary N) is 1. The van der Waals surface area contributed by atoms with E-state index in [1.54, 1.807) is 12.1 Å². The molecule has 4 rings (SSSR count). The van der Waals surface area contributed by atoms with E-state index in [-0.39, 0.29) is 35.0 Å². The van der Waals surface area contributed by atoms with E-state index in [0.717, 1.165) is 15.9 Å². The van der Waals surface area contributed by atoms with Crippen molar-refractivity contribution in [3.05, 3.63) is 129 Å². The average molecular weight is 707 g/mol. The van der Waals surface area contributed by atoms with E-state index in [1.807, 2.05) is 69.3 Å². The molecule has 1 unspecified atom stereocenters. The van der Waals surface area contributed by atoms with Gasteiger partial charge in [-0.15, -0.1) is 0 Å². The van der Waals surface area contributed by atoms with E-state index in [1.165, 1.54) is 49.3 Å². The van der Waals surface area contributed by atoms with Gasteiger partial charge in [-0.25, -0.2) is 8.42 Å². The molecule has 4 aromatic carbocycles. The summed E-state index contributed by atoms with van der Waals surface area (Å²) in [6, 6.07) is 25.0. The molecule has 0 saturated carbocycles. The largest absolute Gasteiger partial charge is 0.495 e. The van der Waals surface area contributed by atoms with Crippen molar-refractivity contribution < 1.29 is 27.7 Å². The van der Waals surface area contributed by atoms with Gasteiger partial charge < -0.3 is 15.0 Å². The third-order valence-electron chi connectivity index (χ3n) is 7.62. The number of hydrogen-bond donors (Lipinski definition) is 1. The van der Waals surface area contributed by atoms with Gasteiger partial charge in [0.15, 0.2) is 0 Å². The van der Waals surface area contributed by atoms with Crippen LogP contribution in [-0.2, 0) is 32.6 Å². The number of carbonyl (C=O) groups is 2. The SMILES string of the molecule is COc1ccc(Cl)cc1N(CC(=O)N(Cc1ccccc1)C(Cc1ccccc1)C(=O)NC(C)(C)C)S(=O)(=O)c1ccc(C)c([N+](=O)[O-])c1. The molecule has 0 aromatic heterocycles. The van der Waals surface area contributed by atoms with E-state index in [2.05, 4.69) is 5.32 Å². The zero-order chi connectivity index (χ0) is 35.9. The number of aryl methyl sites for hydroxylation is 1. The number of amides is 2. The minimum Gasteiger partial charge on any atom is -0.495 e. The maximum atomic E-state index is 14.7. The number of benzene rings is 4. The van der Waals surface area contributed by atoms with Crippen LogP contribution in [0.5, 0.6) is 5.75 Å². The lowest BCUT2D eigenvalue weighted by Gasteiger charge is -2.35. The van der Waals surface area contributed by atoms with Crippen molar-refractivity contribution in [3.8, 4) is 5.75 Å². The first-order valence-electron chi connectivity index (χ1n) is 15.4. The third kappa shape index (κ3) is 9.36. The molecule has 0 heterocycles. The molecule has 0 aliphatic rings. The molecule has 13 heteroatoms. The number of methoxy groups -OCH3 is 1. The molecular weight excluding hydrogens is 668 g/mol. The van der Waals surface area contributed by atoms with Crippen molar-refractivity contribution in [2.45, 2.75) is 57.1 Å². The van der Waals surface area contributed by atoms with E-state index >= 15 is 0 Å². The van der Waals surface area contributed by atoms with Crippen molar-refractivity contribution in [3.63, 3.8) is 0 Å². The molecule has 0 radical (unpaired) electrons. The number of carbonyl (C=O) groups excluding carboxylic acids is 2. The second-order valence-corrected chi connectivity index (χ2v) is 14.8. The van der Waals surface area contributed by atoms with E-state index in [4.69, 9.17) is 16.3 Å². The minimum atomic E-state index is -4.67. The van der Waals surface area contributed by atoms with E-state index < -0.39 is 55.5 Å². The fraction of sp³-hybridized carbons (Fsp3) is 0.278. The molecule has 0 spiro atoms. The van der Waals surface area contributed by atoms with Crippen LogP contribution in [0.3, 0.4) is 0 Å². The Labute approximate surface area is 291 Å². The van der Waals surface area contributed by atoms with Gasteiger partial charge in [0, 0.05) is 35.2 Å². The Hall–Kier alpha value is -4.94. The van der Waals surface area contributed by atoms with Gasteiger partial charge in [-0.05, 0) is 63.1 Å². The summed E-state index contributed by atoms with van der Waals surface area (Å²) in [4.78, 5) is 40.7. The maximum absolute atomic E-state index is 14.7. The predicted octanol–water partition coefficient (Wildman–Crippen LogP) is 6.32. The van der Waals surface area contributed by atoms with Crippen LogP contribution in [0.15, 0.2) is 102 Å². The summed E-state index contributed by atoms with van der Waals surface area (Å²) in [7, 11) is -3.33. The van der Waals surface area contributed by atoms with Crippen molar-refractivity contribution in [2.24, 2.45) is 0 Å². The van der Waals surface area contributed by atoms with Crippen molar-refractivity contribution >= 4 is 44.8 Å². The fourth-order valence-corrected chi connectivity index (χ4v) is 6.84. The molecule has 2 amide bonds. The summed E-state index contributed by atoms with van der Waals surface area (Å²) in [5.41, 5.74) is 0.645. The molecule has 258 valence electrons. The standard InChI is InChI=1S/C36H39ClN4O7S/c1-25-16-18-29(22-30(25)41(44)45)49(46,47)40(31-21-28(37)17-19-33(31)48-5)24-34(42)39(23-27-14-10-7-11-15-27)32(35(43)38-36(2,3)4)20-26-12-8-6-9-13-26/h6-19,21-22,32H,20,23-24H2,1-5H3,(H,38,43). The number of sulfonamides is 1. The number of hydrogen-bond acceptors (Lipinski definition) is 7. The second-order valence-electron chi connectivity index (χ2n) is 12.5. The number of ether oxygens (including phenoxy) is 1. The topological polar surface area (TPSA) is 139 Å². The Morgan fingerprint density at radius 1 is 0.939 bits per heavy atom. The first-order valence-corrected chi connectivity index (χ1v) is 17.2. The van der Waals surface area contributed by atoms with Crippen LogP contribution in [0.25, 0.3) is 0 Å². The molecule has 4 aromatic rings. The van der Waals surface area contributed by atoms with Crippen LogP contribution in [0, 0.1) is 17.0 Å². The van der Waals surface area contributed by atoms with Crippen molar-refractivity contribution in [2.75, 3.05) is 18.0 Å². The molecular formula is C36H39ClN4O7S. The molecule has 0 bridgehead atoms. The number of nitro groups is 1. The minimum absolute atomic E-state index is 0.0225. The van der Waals surface area contributed by atoms with E-state index in [9.17, 15) is 28.1 Å². The molecule has 1 N–H and O–H groups in total. The van der Waals surface area contributed by atoms with Crippen LogP contribution in [0.1, 0.15) is 37.5 Å². The molecule has 0 aliphatic carbocycles. The Kier molecular flexibility index (Phi) is 11.7. The van der Waals surface area contributed by atoms with Gasteiger partial charge in [-0.1, -0.05) is 78.3 Å². The highest BCUT2D eigenvalue weighted by molar-refractivity contribution is 7.92. The molecule has 1 atom stereocenters. The van der Waals surface area contributed by atoms with Gasteiger partial charge in [-0.3, -0.25) is 24.0 Å². The average Bonchev–Trinajstić information content (AvgIpc) is 3.05. The Morgan fingerprint density at radius 2 is 1.55 bits per heavy atom. The summed E-state index contributed by atoms with van der Waals surface area (Å²) < 4.78 is 35.2. The number of halogens is 1. The molecule has 0 aliphatic heterocycles. The summed E-state index contributed by atoms with van der Waals surface area (Å²) in [5.74, 6) is -1.05. The lowest BCUT2D eigenvalue weighted by molar-refractivity contribution is -0.385. The van der Waals surface area contributed by atoms with Gasteiger partial charge in [0.2, 0.25) is 11.8 Å². The lowest BCUT2D eigenvalue weighted by Crippen LogP contribution is -2.56. The van der Waals surface area contributed by atoms with Crippen LogP contribution in [-0.4, -0.2) is 55.3 Å². The summed E-state index contributed by atoms with van der Waals surface area (Å²) in [5, 5.41) is 14.9. The first kappa shape index (κ1) is 36.9. The van der Waals surface area contributed by atoms with Gasteiger partial charge in [0.05, 0.1) is 22.6 Å². The normalized spacial score (nSPS) is 12.1. The smallest absolute Gasteiger partial charge is 0.273 e. The monoisotopic (exact) mass is 706 g/mol. The van der Waals surface area contributed by atoms with E-state index in [0.29, 0.717) is 5.56 Å². The number of nitro benzene ring substituents is 1. The van der Waals surface area contributed by atoms with Crippen LogP contribution < -0.4 is 14.4 Å². The van der Waals surface area contributed by atoms with Crippen LogP contribution in [0.4, 0.5) is 11.4 Å². The first-order chi connectivity index (χ1) is 23.1. The molecule has 49 heavy (non-hydrogen) atoms. The van der Waals surface area contributed by atoms with Crippen LogP contribution >= 0.6 is 11.6 Å². The summed E-state index contributed by atoms with van der Waals surface area (Å²) in [6.45, 7) is 6.16. The second kappa shape index (κ2) is 15.5. The van der Waals surface area contributed by atoms with Crippen molar-refractivity contribution in [1.82, 2.24) is 10.2 Å². The van der Waals surface area contributed by atoms with Gasteiger partial charge in [0.25, 0.3) is 15.7 Å². The summed E-state index contributed by atoms with van der Waals surface area (Å²) >= 11 is 6.34. The van der Waals surface area contributed by atoms with Gasteiger partial charge in [-0.2, -0.15) is 0 Å². The Morgan fingerprint density at radius 3 is 2.12 bits per heavy atom. The number of nitrogens with zero attached hydrogens (tertiary/aromatic N) is 3. The predicted molar refractivity (Wildman–Crippen MR) is 189 cm³/mol. The van der Waals surface area contributed by atoms with Crippen LogP contribution in [0.2, 0.25) is 5.02 Å². The fourth-order valence-electron chi connectivity index (χ4n) is 5.23. The van der Waals surface area contributed by atoms with Crippen molar-refractivity contribution in [1.29, 1.82) is 0 Å². The number of anilines is 1. The molecule has 11 nitrogen and oxygen atoms in total. The Balaban J connectivity index is 1.89. The highest BCUT2D eigenvalue weighted by atomic mass is 35.5. The third-order valence-corrected chi connectivity index (χ3v) is 9.61.